The minimum atomic E-state index is -0.156. The lowest BCUT2D eigenvalue weighted by molar-refractivity contribution is -0.124. The van der Waals surface area contributed by atoms with E-state index in [0.29, 0.717) is 18.1 Å². The second-order valence-electron chi connectivity index (χ2n) is 5.83. The number of rotatable bonds is 6. The standard InChI is InChI=1S/C14H27N3O/c1-3-7-17(13(4-2)14(15)18)12-8-10-5-6-11(9-12)16-10/h10-13,16H,3-9H2,1-2H3,(H2,15,18). The van der Waals surface area contributed by atoms with E-state index in [1.54, 1.807) is 0 Å². The van der Waals surface area contributed by atoms with Gasteiger partial charge in [0.2, 0.25) is 5.91 Å². The Labute approximate surface area is 110 Å². The van der Waals surface area contributed by atoms with E-state index < -0.39 is 0 Å². The fourth-order valence-electron chi connectivity index (χ4n) is 3.75. The molecule has 2 fully saturated rings. The zero-order valence-corrected chi connectivity index (χ0v) is 11.7. The lowest BCUT2D eigenvalue weighted by Crippen LogP contribution is -2.55. The van der Waals surface area contributed by atoms with Crippen molar-refractivity contribution in [2.24, 2.45) is 5.73 Å². The Bertz CT molecular complexity index is 283. The molecule has 4 heteroatoms. The highest BCUT2D eigenvalue weighted by Crippen LogP contribution is 2.31. The molecular weight excluding hydrogens is 226 g/mol. The normalized spacial score (nSPS) is 32.7. The van der Waals surface area contributed by atoms with Crippen LogP contribution in [-0.2, 0) is 4.79 Å². The summed E-state index contributed by atoms with van der Waals surface area (Å²) in [5, 5.41) is 3.66. The number of nitrogens with two attached hydrogens (primary N) is 1. The molecule has 0 aromatic heterocycles. The van der Waals surface area contributed by atoms with Crippen LogP contribution in [0.25, 0.3) is 0 Å². The van der Waals surface area contributed by atoms with E-state index in [4.69, 9.17) is 5.73 Å². The van der Waals surface area contributed by atoms with Crippen molar-refractivity contribution >= 4 is 5.91 Å². The number of fused-ring (bicyclic) bond motifs is 2. The first-order chi connectivity index (χ1) is 8.65. The van der Waals surface area contributed by atoms with Crippen LogP contribution in [0.1, 0.15) is 52.4 Å². The molecule has 2 bridgehead atoms. The molecule has 2 heterocycles. The molecule has 3 N–H and O–H groups in total. The molecule has 0 saturated carbocycles. The maximum absolute atomic E-state index is 11.6. The Morgan fingerprint density at radius 3 is 2.39 bits per heavy atom. The number of amides is 1. The van der Waals surface area contributed by atoms with E-state index >= 15 is 0 Å². The monoisotopic (exact) mass is 253 g/mol. The largest absolute Gasteiger partial charge is 0.368 e. The number of nitrogens with one attached hydrogen (secondary N) is 1. The summed E-state index contributed by atoms with van der Waals surface area (Å²) in [7, 11) is 0. The fraction of sp³-hybridized carbons (Fsp3) is 0.929. The summed E-state index contributed by atoms with van der Waals surface area (Å²) >= 11 is 0. The van der Waals surface area contributed by atoms with E-state index in [9.17, 15) is 4.79 Å². The van der Waals surface area contributed by atoms with Gasteiger partial charge in [0, 0.05) is 18.1 Å². The lowest BCUT2D eigenvalue weighted by Gasteiger charge is -2.40. The molecule has 2 aliphatic heterocycles. The second-order valence-corrected chi connectivity index (χ2v) is 5.83. The summed E-state index contributed by atoms with van der Waals surface area (Å²) in [6, 6.07) is 1.80. The van der Waals surface area contributed by atoms with E-state index in [0.717, 1.165) is 19.4 Å². The average molecular weight is 253 g/mol. The maximum atomic E-state index is 11.6. The molecule has 0 aromatic rings. The van der Waals surface area contributed by atoms with Crippen molar-refractivity contribution in [1.82, 2.24) is 10.2 Å². The molecule has 3 atom stereocenters. The molecule has 104 valence electrons. The highest BCUT2D eigenvalue weighted by molar-refractivity contribution is 5.79. The first kappa shape index (κ1) is 13.8. The van der Waals surface area contributed by atoms with Gasteiger partial charge in [-0.3, -0.25) is 9.69 Å². The average Bonchev–Trinajstić information content (AvgIpc) is 2.68. The van der Waals surface area contributed by atoms with Crippen LogP contribution in [0, 0.1) is 0 Å². The van der Waals surface area contributed by atoms with Crippen LogP contribution in [0.4, 0.5) is 0 Å². The summed E-state index contributed by atoms with van der Waals surface area (Å²) < 4.78 is 0. The molecule has 2 aliphatic rings. The molecule has 2 rings (SSSR count). The van der Waals surface area contributed by atoms with E-state index in [-0.39, 0.29) is 11.9 Å². The topological polar surface area (TPSA) is 58.4 Å². The maximum Gasteiger partial charge on any atom is 0.234 e. The van der Waals surface area contributed by atoms with Crippen molar-refractivity contribution in [3.63, 3.8) is 0 Å². The van der Waals surface area contributed by atoms with Gasteiger partial charge in [-0.25, -0.2) is 0 Å². The summed E-state index contributed by atoms with van der Waals surface area (Å²) in [6.07, 6.45) is 6.88. The van der Waals surface area contributed by atoms with Gasteiger partial charge in [-0.1, -0.05) is 13.8 Å². The minimum Gasteiger partial charge on any atom is -0.368 e. The number of carbonyl (C=O) groups excluding carboxylic acids is 1. The van der Waals surface area contributed by atoms with Crippen molar-refractivity contribution in [1.29, 1.82) is 0 Å². The molecule has 1 amide bonds. The Balaban J connectivity index is 2.06. The Kier molecular flexibility index (Phi) is 4.62. The molecule has 18 heavy (non-hydrogen) atoms. The third-order valence-electron chi connectivity index (χ3n) is 4.51. The Morgan fingerprint density at radius 2 is 1.94 bits per heavy atom. The van der Waals surface area contributed by atoms with Gasteiger partial charge in [-0.05, 0) is 45.1 Å². The number of carbonyl (C=O) groups is 1. The highest BCUT2D eigenvalue weighted by atomic mass is 16.1. The van der Waals surface area contributed by atoms with Gasteiger partial charge in [0.25, 0.3) is 0 Å². The molecule has 3 unspecified atom stereocenters. The quantitative estimate of drug-likeness (QED) is 0.749. The molecule has 0 aromatic carbocycles. The van der Waals surface area contributed by atoms with Gasteiger partial charge in [-0.15, -0.1) is 0 Å². The van der Waals surface area contributed by atoms with Crippen LogP contribution in [0.2, 0.25) is 0 Å². The highest BCUT2D eigenvalue weighted by Gasteiger charge is 2.38. The van der Waals surface area contributed by atoms with Crippen LogP contribution in [-0.4, -0.2) is 41.5 Å². The number of hydrogen-bond donors (Lipinski definition) is 2. The summed E-state index contributed by atoms with van der Waals surface area (Å²) in [4.78, 5) is 14.0. The smallest absolute Gasteiger partial charge is 0.234 e. The third-order valence-corrected chi connectivity index (χ3v) is 4.51. The Hall–Kier alpha value is -0.610. The van der Waals surface area contributed by atoms with Crippen LogP contribution in [0.3, 0.4) is 0 Å². The van der Waals surface area contributed by atoms with Gasteiger partial charge < -0.3 is 11.1 Å². The van der Waals surface area contributed by atoms with Crippen molar-refractivity contribution < 1.29 is 4.79 Å². The fourth-order valence-corrected chi connectivity index (χ4v) is 3.75. The first-order valence-corrected chi connectivity index (χ1v) is 7.46. The summed E-state index contributed by atoms with van der Waals surface area (Å²) in [5.74, 6) is -0.156. The molecule has 0 spiro atoms. The zero-order chi connectivity index (χ0) is 13.1. The summed E-state index contributed by atoms with van der Waals surface area (Å²) in [6.45, 7) is 5.23. The Morgan fingerprint density at radius 1 is 1.33 bits per heavy atom. The van der Waals surface area contributed by atoms with Crippen LogP contribution in [0.15, 0.2) is 0 Å². The van der Waals surface area contributed by atoms with Gasteiger partial charge in [0.05, 0.1) is 6.04 Å². The van der Waals surface area contributed by atoms with Crippen LogP contribution >= 0.6 is 0 Å². The van der Waals surface area contributed by atoms with Crippen molar-refractivity contribution in [2.45, 2.75) is 76.5 Å². The predicted octanol–water partition coefficient (Wildman–Crippen LogP) is 1.25. The molecular formula is C14H27N3O. The van der Waals surface area contributed by atoms with Gasteiger partial charge in [0.15, 0.2) is 0 Å². The minimum absolute atomic E-state index is 0.0764. The number of piperidine rings is 1. The predicted molar refractivity (Wildman–Crippen MR) is 73.2 cm³/mol. The van der Waals surface area contributed by atoms with E-state index in [1.807, 2.05) is 0 Å². The van der Waals surface area contributed by atoms with Crippen LogP contribution < -0.4 is 11.1 Å². The summed E-state index contributed by atoms with van der Waals surface area (Å²) in [5.41, 5.74) is 5.57. The number of nitrogens with zero attached hydrogens (tertiary/aromatic N) is 1. The van der Waals surface area contributed by atoms with Crippen LogP contribution in [0.5, 0.6) is 0 Å². The van der Waals surface area contributed by atoms with Crippen molar-refractivity contribution in [3.8, 4) is 0 Å². The molecule has 4 nitrogen and oxygen atoms in total. The molecule has 0 radical (unpaired) electrons. The zero-order valence-electron chi connectivity index (χ0n) is 11.7. The second kappa shape index (κ2) is 6.02. The third kappa shape index (κ3) is 2.86. The van der Waals surface area contributed by atoms with E-state index in [1.165, 1.54) is 25.7 Å². The van der Waals surface area contributed by atoms with Gasteiger partial charge in [0.1, 0.15) is 0 Å². The number of hydrogen-bond acceptors (Lipinski definition) is 3. The van der Waals surface area contributed by atoms with Gasteiger partial charge >= 0.3 is 0 Å². The number of primary amides is 1. The van der Waals surface area contributed by atoms with Crippen molar-refractivity contribution in [2.75, 3.05) is 6.54 Å². The van der Waals surface area contributed by atoms with Gasteiger partial charge in [-0.2, -0.15) is 0 Å². The van der Waals surface area contributed by atoms with Crippen molar-refractivity contribution in [3.05, 3.63) is 0 Å². The van der Waals surface area contributed by atoms with E-state index in [2.05, 4.69) is 24.1 Å². The first-order valence-electron chi connectivity index (χ1n) is 7.46. The lowest BCUT2D eigenvalue weighted by atomic mass is 9.95. The molecule has 0 aliphatic carbocycles. The molecule has 2 saturated heterocycles. The SMILES string of the molecule is CCCN(C1CC2CCC(C1)N2)C(CC)C(N)=O.